The number of hydrogen-bond acceptors (Lipinski definition) is 3. The van der Waals surface area contributed by atoms with Gasteiger partial charge in [0.2, 0.25) is 0 Å². The van der Waals surface area contributed by atoms with Crippen molar-refractivity contribution in [3.05, 3.63) is 70.1 Å². The molecule has 1 aliphatic rings. The molecule has 2 N–H and O–H groups in total. The zero-order valence-electron chi connectivity index (χ0n) is 14.1. The third-order valence-electron chi connectivity index (χ3n) is 2.91. The van der Waals surface area contributed by atoms with Crippen LogP contribution in [0.1, 0.15) is 20.3 Å². The third kappa shape index (κ3) is 9.05. The summed E-state index contributed by atoms with van der Waals surface area (Å²) in [5.41, 5.74) is 6.29. The largest absolute Gasteiger partial charge is 0.482 e. The Labute approximate surface area is 155 Å². The first-order valence-electron chi connectivity index (χ1n) is 7.51. The van der Waals surface area contributed by atoms with Gasteiger partial charge in [0, 0.05) is 24.6 Å². The standard InChI is InChI=1S/C18H21ClF3NOS/c1-12(19)9-16(10-13(2)20)24-15-5-4-6-17(25-18(3,21)22)14(11-23)7-8-15/h4-5,7-10,15H,2,6,11,23H2,1,3H3/b5-4-,8-7+,12-9+,16-10+,17-14-. The van der Waals surface area contributed by atoms with E-state index < -0.39 is 17.2 Å². The number of allylic oxidation sites excluding steroid dienone is 6. The lowest BCUT2D eigenvalue weighted by Gasteiger charge is -2.18. The van der Waals surface area contributed by atoms with E-state index in [-0.39, 0.29) is 12.3 Å². The van der Waals surface area contributed by atoms with E-state index >= 15 is 0 Å². The van der Waals surface area contributed by atoms with Crippen LogP contribution in [0.2, 0.25) is 0 Å². The molecule has 1 unspecified atom stereocenters. The molecule has 7 heteroatoms. The Morgan fingerprint density at radius 1 is 1.48 bits per heavy atom. The van der Waals surface area contributed by atoms with Gasteiger partial charge in [-0.3, -0.25) is 0 Å². The molecule has 0 amide bonds. The minimum absolute atomic E-state index is 0.125. The quantitative estimate of drug-likeness (QED) is 0.330. The number of thioether (sulfide) groups is 1. The normalized spacial score (nSPS) is 25.2. The molecule has 0 aromatic carbocycles. The van der Waals surface area contributed by atoms with Gasteiger partial charge < -0.3 is 10.5 Å². The van der Waals surface area contributed by atoms with Gasteiger partial charge in [-0.15, -0.1) is 0 Å². The summed E-state index contributed by atoms with van der Waals surface area (Å²) in [6.07, 6.45) is 9.11. The highest BCUT2D eigenvalue weighted by Gasteiger charge is 2.25. The molecular formula is C18H21ClF3NOS. The molecular weight excluding hydrogens is 371 g/mol. The van der Waals surface area contributed by atoms with Crippen LogP contribution in [-0.2, 0) is 4.74 Å². The van der Waals surface area contributed by atoms with E-state index in [9.17, 15) is 13.2 Å². The number of rotatable bonds is 7. The molecule has 0 heterocycles. The van der Waals surface area contributed by atoms with Gasteiger partial charge >= 0.3 is 0 Å². The molecule has 0 saturated carbocycles. The first-order valence-corrected chi connectivity index (χ1v) is 8.70. The van der Waals surface area contributed by atoms with Gasteiger partial charge in [-0.2, -0.15) is 8.78 Å². The Morgan fingerprint density at radius 2 is 2.16 bits per heavy atom. The van der Waals surface area contributed by atoms with Crippen LogP contribution in [-0.4, -0.2) is 17.9 Å². The Hall–Kier alpha value is -1.37. The fourth-order valence-corrected chi connectivity index (χ4v) is 3.01. The summed E-state index contributed by atoms with van der Waals surface area (Å²) in [5.74, 6) is -0.470. The van der Waals surface area contributed by atoms with Gasteiger partial charge in [0.25, 0.3) is 5.25 Å². The molecule has 0 bridgehead atoms. The zero-order valence-corrected chi connectivity index (χ0v) is 15.6. The van der Waals surface area contributed by atoms with Crippen LogP contribution in [0.15, 0.2) is 70.1 Å². The van der Waals surface area contributed by atoms with Gasteiger partial charge in [0.15, 0.2) is 0 Å². The van der Waals surface area contributed by atoms with Crippen LogP contribution in [0.3, 0.4) is 0 Å². The van der Waals surface area contributed by atoms with Gasteiger partial charge in [0.05, 0.1) is 0 Å². The molecule has 0 fully saturated rings. The first-order chi connectivity index (χ1) is 11.6. The number of hydrogen-bond donors (Lipinski definition) is 1. The van der Waals surface area contributed by atoms with Gasteiger partial charge in [0.1, 0.15) is 17.7 Å². The number of ether oxygens (including phenoxy) is 1. The fraction of sp³-hybridized carbons (Fsp3) is 0.333. The van der Waals surface area contributed by atoms with Crippen LogP contribution < -0.4 is 5.73 Å². The Bertz CT molecular complexity index is 641. The maximum absolute atomic E-state index is 13.3. The first kappa shape index (κ1) is 21.7. The number of halogens is 4. The van der Waals surface area contributed by atoms with Crippen LogP contribution in [0.5, 0.6) is 0 Å². The second-order valence-corrected chi connectivity index (χ2v) is 7.37. The van der Waals surface area contributed by atoms with E-state index in [1.165, 1.54) is 6.08 Å². The highest BCUT2D eigenvalue weighted by Crippen LogP contribution is 2.38. The molecule has 0 saturated heterocycles. The highest BCUT2D eigenvalue weighted by molar-refractivity contribution is 8.04. The molecule has 1 atom stereocenters. The number of alkyl halides is 2. The SMILES string of the molecule is C=C(F)/C=C(\C=C(/C)Cl)OC1/C=C\C/C(SC(C)(F)F)=C(CN)\C=C\1. The summed E-state index contributed by atoms with van der Waals surface area (Å²) in [5, 5.41) is -2.47. The van der Waals surface area contributed by atoms with Crippen molar-refractivity contribution in [1.82, 2.24) is 0 Å². The van der Waals surface area contributed by atoms with Crippen LogP contribution >= 0.6 is 23.4 Å². The van der Waals surface area contributed by atoms with Gasteiger partial charge in [-0.25, -0.2) is 4.39 Å². The lowest BCUT2D eigenvalue weighted by molar-refractivity contribution is 0.129. The van der Waals surface area contributed by atoms with Crippen molar-refractivity contribution in [2.45, 2.75) is 31.6 Å². The summed E-state index contributed by atoms with van der Waals surface area (Å²) < 4.78 is 45.3. The van der Waals surface area contributed by atoms with Crippen molar-refractivity contribution < 1.29 is 17.9 Å². The van der Waals surface area contributed by atoms with Crippen molar-refractivity contribution in [2.75, 3.05) is 6.54 Å². The maximum atomic E-state index is 13.3. The van der Waals surface area contributed by atoms with Crippen LogP contribution in [0.25, 0.3) is 0 Å². The molecule has 1 aliphatic carbocycles. The number of nitrogens with two attached hydrogens (primary N) is 1. The Morgan fingerprint density at radius 3 is 2.68 bits per heavy atom. The maximum Gasteiger partial charge on any atom is 0.295 e. The van der Waals surface area contributed by atoms with Crippen LogP contribution in [0, 0.1) is 0 Å². The van der Waals surface area contributed by atoms with Gasteiger partial charge in [-0.05, 0) is 42.1 Å². The Kier molecular flexibility index (Phi) is 8.62. The molecule has 1 rings (SSSR count). The van der Waals surface area contributed by atoms with Gasteiger partial charge in [-0.1, -0.05) is 42.1 Å². The van der Waals surface area contributed by atoms with E-state index in [0.717, 1.165) is 13.0 Å². The van der Waals surface area contributed by atoms with Crippen molar-refractivity contribution >= 4 is 23.4 Å². The molecule has 0 spiro atoms. The van der Waals surface area contributed by atoms with E-state index in [4.69, 9.17) is 22.1 Å². The lowest BCUT2D eigenvalue weighted by Crippen LogP contribution is -2.12. The second-order valence-electron chi connectivity index (χ2n) is 5.36. The summed E-state index contributed by atoms with van der Waals surface area (Å²) in [6.45, 7) is 5.77. The topological polar surface area (TPSA) is 35.2 Å². The Balaban J connectivity index is 3.04. The van der Waals surface area contributed by atoms with E-state index in [2.05, 4.69) is 6.58 Å². The minimum atomic E-state index is -2.88. The smallest absolute Gasteiger partial charge is 0.295 e. The minimum Gasteiger partial charge on any atom is -0.482 e. The lowest BCUT2D eigenvalue weighted by atomic mass is 10.1. The molecule has 0 aliphatic heterocycles. The average Bonchev–Trinajstić information content (AvgIpc) is 2.41. The average molecular weight is 392 g/mol. The predicted octanol–water partition coefficient (Wildman–Crippen LogP) is 5.96. The summed E-state index contributed by atoms with van der Waals surface area (Å²) >= 11 is 6.30. The summed E-state index contributed by atoms with van der Waals surface area (Å²) in [7, 11) is 0. The molecule has 0 aromatic rings. The van der Waals surface area contributed by atoms with E-state index in [1.54, 1.807) is 31.2 Å². The highest BCUT2D eigenvalue weighted by atomic mass is 35.5. The third-order valence-corrected chi connectivity index (χ3v) is 4.05. The van der Waals surface area contributed by atoms with Crippen molar-refractivity contribution in [3.8, 4) is 0 Å². The molecule has 0 aromatic heterocycles. The van der Waals surface area contributed by atoms with E-state index in [0.29, 0.717) is 33.7 Å². The fourth-order valence-electron chi connectivity index (χ4n) is 2.01. The zero-order chi connectivity index (χ0) is 19.0. The van der Waals surface area contributed by atoms with Crippen molar-refractivity contribution in [1.29, 1.82) is 0 Å². The molecule has 138 valence electrons. The van der Waals surface area contributed by atoms with E-state index in [1.807, 2.05) is 0 Å². The van der Waals surface area contributed by atoms with Crippen molar-refractivity contribution in [2.24, 2.45) is 5.73 Å². The van der Waals surface area contributed by atoms with Crippen molar-refractivity contribution in [3.63, 3.8) is 0 Å². The molecule has 2 nitrogen and oxygen atoms in total. The van der Waals surface area contributed by atoms with Crippen LogP contribution in [0.4, 0.5) is 13.2 Å². The molecule has 25 heavy (non-hydrogen) atoms. The predicted molar refractivity (Wildman–Crippen MR) is 100 cm³/mol. The molecule has 0 radical (unpaired) electrons. The summed E-state index contributed by atoms with van der Waals surface area (Å²) in [6, 6.07) is 0. The summed E-state index contributed by atoms with van der Waals surface area (Å²) in [4.78, 5) is 0.505. The second kappa shape index (κ2) is 9.94. The monoisotopic (exact) mass is 391 g/mol.